The number of hydrogen-bond donors (Lipinski definition) is 2. The molecule has 1 aliphatic heterocycles. The van der Waals surface area contributed by atoms with Gasteiger partial charge in [0.05, 0.1) is 13.7 Å². The zero-order chi connectivity index (χ0) is 18.9. The van der Waals surface area contributed by atoms with Crippen LogP contribution in [0.1, 0.15) is 11.1 Å². The first-order valence-corrected chi connectivity index (χ1v) is 8.48. The Morgan fingerprint density at radius 2 is 1.96 bits per heavy atom. The van der Waals surface area contributed by atoms with Crippen molar-refractivity contribution in [2.45, 2.75) is 5.54 Å². The molecule has 1 atom stereocenters. The van der Waals surface area contributed by atoms with E-state index < -0.39 is 5.54 Å². The first-order chi connectivity index (χ1) is 12.4. The van der Waals surface area contributed by atoms with Crippen molar-refractivity contribution in [2.75, 3.05) is 33.1 Å². The highest BCUT2D eigenvalue weighted by atomic mass is 35.5. The number of nitrogens with zero attached hydrogens (tertiary/aromatic N) is 1. The average molecular weight is 374 g/mol. The standard InChI is InChI=1S/C19H20ClN3O3/c1-23(2)17(24)11-21-19(13-6-4-5-7-16(13)26-3)14-10-12(20)8-9-15(14)22-18(19)25/h4-10,21H,11H2,1-3H3,(H,22,25). The predicted octanol–water partition coefficient (Wildman–Crippen LogP) is 2.22. The van der Waals surface area contributed by atoms with Gasteiger partial charge in [0.25, 0.3) is 5.91 Å². The molecule has 2 aromatic rings. The molecule has 1 aliphatic rings. The molecule has 0 bridgehead atoms. The molecule has 0 aliphatic carbocycles. The van der Waals surface area contributed by atoms with Gasteiger partial charge in [-0.2, -0.15) is 0 Å². The van der Waals surface area contributed by atoms with Gasteiger partial charge in [-0.05, 0) is 24.3 Å². The number of anilines is 1. The molecule has 0 saturated carbocycles. The number of amides is 2. The summed E-state index contributed by atoms with van der Waals surface area (Å²) in [7, 11) is 4.88. The van der Waals surface area contributed by atoms with Crippen LogP contribution in [0.25, 0.3) is 0 Å². The number of para-hydroxylation sites is 1. The summed E-state index contributed by atoms with van der Waals surface area (Å²) in [6.45, 7) is -0.0234. The molecule has 1 heterocycles. The van der Waals surface area contributed by atoms with Crippen molar-refractivity contribution in [2.24, 2.45) is 0 Å². The lowest BCUT2D eigenvalue weighted by molar-refractivity contribution is -0.128. The fourth-order valence-electron chi connectivity index (χ4n) is 3.13. The lowest BCUT2D eigenvalue weighted by Crippen LogP contribution is -2.52. The van der Waals surface area contributed by atoms with E-state index in [9.17, 15) is 9.59 Å². The first-order valence-electron chi connectivity index (χ1n) is 8.10. The second-order valence-electron chi connectivity index (χ2n) is 6.24. The SMILES string of the molecule is COc1ccccc1C1(NCC(=O)N(C)C)C(=O)Nc2ccc(Cl)cc21. The minimum absolute atomic E-state index is 0.0234. The molecule has 0 fully saturated rings. The van der Waals surface area contributed by atoms with E-state index in [1.807, 2.05) is 18.2 Å². The van der Waals surface area contributed by atoms with Crippen molar-refractivity contribution in [3.8, 4) is 5.75 Å². The lowest BCUT2D eigenvalue weighted by atomic mass is 9.83. The number of likely N-dealkylation sites (N-methyl/N-ethyl adjacent to an activating group) is 1. The van der Waals surface area contributed by atoms with Crippen LogP contribution in [-0.4, -0.2) is 44.5 Å². The van der Waals surface area contributed by atoms with Gasteiger partial charge in [-0.1, -0.05) is 29.8 Å². The van der Waals surface area contributed by atoms with E-state index in [2.05, 4.69) is 10.6 Å². The molecule has 2 N–H and O–H groups in total. The number of benzene rings is 2. The van der Waals surface area contributed by atoms with Crippen molar-refractivity contribution >= 4 is 29.1 Å². The minimum Gasteiger partial charge on any atom is -0.496 e. The zero-order valence-corrected chi connectivity index (χ0v) is 15.6. The smallest absolute Gasteiger partial charge is 0.254 e. The topological polar surface area (TPSA) is 70.7 Å². The largest absolute Gasteiger partial charge is 0.496 e. The molecule has 0 aromatic heterocycles. The van der Waals surface area contributed by atoms with E-state index in [-0.39, 0.29) is 18.4 Å². The number of rotatable bonds is 5. The summed E-state index contributed by atoms with van der Waals surface area (Å²) >= 11 is 6.20. The van der Waals surface area contributed by atoms with Gasteiger partial charge in [0, 0.05) is 35.9 Å². The Balaban J connectivity index is 2.20. The maximum Gasteiger partial charge on any atom is 0.254 e. The fourth-order valence-corrected chi connectivity index (χ4v) is 3.31. The Morgan fingerprint density at radius 3 is 2.65 bits per heavy atom. The Labute approximate surface area is 157 Å². The van der Waals surface area contributed by atoms with Crippen LogP contribution in [0, 0.1) is 0 Å². The van der Waals surface area contributed by atoms with Crippen LogP contribution >= 0.6 is 11.6 Å². The molecule has 0 spiro atoms. The van der Waals surface area contributed by atoms with Crippen LogP contribution in [0.4, 0.5) is 5.69 Å². The Morgan fingerprint density at radius 1 is 1.23 bits per heavy atom. The molecule has 0 saturated heterocycles. The molecular weight excluding hydrogens is 354 g/mol. The maximum atomic E-state index is 13.1. The summed E-state index contributed by atoms with van der Waals surface area (Å²) in [5, 5.41) is 6.54. The highest BCUT2D eigenvalue weighted by Gasteiger charge is 2.50. The molecule has 7 heteroatoms. The number of halogens is 1. The van der Waals surface area contributed by atoms with Crippen molar-refractivity contribution in [3.63, 3.8) is 0 Å². The van der Waals surface area contributed by atoms with E-state index in [0.717, 1.165) is 0 Å². The molecule has 1 unspecified atom stereocenters. The molecule has 2 aromatic carbocycles. The Bertz CT molecular complexity index is 869. The summed E-state index contributed by atoms with van der Waals surface area (Å²) in [5.41, 5.74) is 0.645. The van der Waals surface area contributed by atoms with E-state index in [1.165, 1.54) is 4.90 Å². The van der Waals surface area contributed by atoms with E-state index in [1.54, 1.807) is 45.5 Å². The van der Waals surface area contributed by atoms with Gasteiger partial charge >= 0.3 is 0 Å². The third-order valence-corrected chi connectivity index (χ3v) is 4.72. The summed E-state index contributed by atoms with van der Waals surface area (Å²) in [4.78, 5) is 26.8. The van der Waals surface area contributed by atoms with Crippen LogP contribution in [0.15, 0.2) is 42.5 Å². The second kappa shape index (κ2) is 6.97. The van der Waals surface area contributed by atoms with Crippen molar-refractivity contribution in [3.05, 3.63) is 58.6 Å². The number of ether oxygens (including phenoxy) is 1. The third-order valence-electron chi connectivity index (χ3n) is 4.49. The Hall–Kier alpha value is -2.57. The first kappa shape index (κ1) is 18.2. The van der Waals surface area contributed by atoms with Gasteiger partial charge in [0.15, 0.2) is 5.54 Å². The normalized spacial score (nSPS) is 18.2. The summed E-state index contributed by atoms with van der Waals surface area (Å²) in [5.74, 6) is 0.105. The summed E-state index contributed by atoms with van der Waals surface area (Å²) in [6, 6.07) is 12.4. The van der Waals surface area contributed by atoms with Crippen LogP contribution in [-0.2, 0) is 15.1 Å². The molecule has 136 valence electrons. The van der Waals surface area contributed by atoms with E-state index in [0.29, 0.717) is 27.6 Å². The quantitative estimate of drug-likeness (QED) is 0.843. The lowest BCUT2D eigenvalue weighted by Gasteiger charge is -2.31. The van der Waals surface area contributed by atoms with Crippen LogP contribution in [0.5, 0.6) is 5.75 Å². The van der Waals surface area contributed by atoms with Crippen molar-refractivity contribution in [1.29, 1.82) is 0 Å². The summed E-state index contributed by atoms with van der Waals surface area (Å²) in [6.07, 6.45) is 0. The van der Waals surface area contributed by atoms with E-state index >= 15 is 0 Å². The minimum atomic E-state index is -1.28. The maximum absolute atomic E-state index is 13.1. The number of carbonyl (C=O) groups excluding carboxylic acids is 2. The van der Waals surface area contributed by atoms with Crippen molar-refractivity contribution < 1.29 is 14.3 Å². The monoisotopic (exact) mass is 373 g/mol. The van der Waals surface area contributed by atoms with Crippen LogP contribution in [0.2, 0.25) is 5.02 Å². The molecule has 0 radical (unpaired) electrons. The zero-order valence-electron chi connectivity index (χ0n) is 14.8. The average Bonchev–Trinajstić information content (AvgIpc) is 2.91. The second-order valence-corrected chi connectivity index (χ2v) is 6.67. The van der Waals surface area contributed by atoms with Crippen LogP contribution < -0.4 is 15.4 Å². The molecule has 3 rings (SSSR count). The van der Waals surface area contributed by atoms with Gasteiger partial charge < -0.3 is 15.0 Å². The van der Waals surface area contributed by atoms with Crippen LogP contribution in [0.3, 0.4) is 0 Å². The number of carbonyl (C=O) groups is 2. The van der Waals surface area contributed by atoms with E-state index in [4.69, 9.17) is 16.3 Å². The number of hydrogen-bond acceptors (Lipinski definition) is 4. The Kier molecular flexibility index (Phi) is 4.89. The third kappa shape index (κ3) is 2.91. The number of nitrogens with one attached hydrogen (secondary N) is 2. The number of methoxy groups -OCH3 is 1. The van der Waals surface area contributed by atoms with Gasteiger partial charge in [-0.25, -0.2) is 0 Å². The summed E-state index contributed by atoms with van der Waals surface area (Å²) < 4.78 is 5.48. The fraction of sp³-hybridized carbons (Fsp3) is 0.263. The van der Waals surface area contributed by atoms with Gasteiger partial charge in [0.1, 0.15) is 5.75 Å². The highest BCUT2D eigenvalue weighted by Crippen LogP contribution is 2.44. The predicted molar refractivity (Wildman–Crippen MR) is 101 cm³/mol. The molecule has 26 heavy (non-hydrogen) atoms. The van der Waals surface area contributed by atoms with Crippen molar-refractivity contribution in [1.82, 2.24) is 10.2 Å². The van der Waals surface area contributed by atoms with Gasteiger partial charge in [-0.3, -0.25) is 14.9 Å². The molecule has 2 amide bonds. The number of fused-ring (bicyclic) bond motifs is 1. The van der Waals surface area contributed by atoms with Gasteiger partial charge in [-0.15, -0.1) is 0 Å². The molecule has 6 nitrogen and oxygen atoms in total. The highest BCUT2D eigenvalue weighted by molar-refractivity contribution is 6.31. The van der Waals surface area contributed by atoms with Gasteiger partial charge in [0.2, 0.25) is 5.91 Å². The molecular formula is C19H20ClN3O3.